The van der Waals surface area contributed by atoms with Gasteiger partial charge < -0.3 is 14.1 Å². The molecule has 1 aromatic carbocycles. The van der Waals surface area contributed by atoms with Gasteiger partial charge in [-0.05, 0) is 31.9 Å². The van der Waals surface area contributed by atoms with Crippen LogP contribution in [0.2, 0.25) is 0 Å². The van der Waals surface area contributed by atoms with Gasteiger partial charge in [-0.2, -0.15) is 0 Å². The van der Waals surface area contributed by atoms with E-state index < -0.39 is 16.1 Å². The number of ether oxygens (including phenoxy) is 1. The molecule has 1 aliphatic carbocycles. The molecule has 0 radical (unpaired) electrons. The van der Waals surface area contributed by atoms with Gasteiger partial charge in [0.2, 0.25) is 10.0 Å². The molecule has 1 atom stereocenters. The molecule has 27 heavy (non-hydrogen) atoms. The first-order chi connectivity index (χ1) is 12.8. The Balaban J connectivity index is 1.41. The van der Waals surface area contributed by atoms with Crippen LogP contribution in [0.15, 0.2) is 33.6 Å². The number of amides is 1. The number of nitrogens with one attached hydrogen (secondary N) is 1. The van der Waals surface area contributed by atoms with Crippen LogP contribution in [-0.2, 0) is 14.8 Å². The van der Waals surface area contributed by atoms with Crippen molar-refractivity contribution in [3.8, 4) is 11.3 Å². The van der Waals surface area contributed by atoms with Crippen LogP contribution < -0.4 is 4.72 Å². The van der Waals surface area contributed by atoms with Gasteiger partial charge in [0.05, 0.1) is 11.4 Å². The molecule has 1 N–H and O–H groups in total. The molecule has 1 amide bonds. The molecular formula is C18H21N3O5S. The second-order valence-corrected chi connectivity index (χ2v) is 8.67. The third kappa shape index (κ3) is 3.70. The SMILES string of the molecule is Cc1nc(-c2ccc(S(=O)(=O)NCC3CN(C4CC4)C(=O)O3)cc2)c(C)o1. The minimum atomic E-state index is -3.69. The highest BCUT2D eigenvalue weighted by Crippen LogP contribution is 2.30. The lowest BCUT2D eigenvalue weighted by molar-refractivity contribution is 0.133. The lowest BCUT2D eigenvalue weighted by Gasteiger charge is -2.12. The molecule has 0 spiro atoms. The van der Waals surface area contributed by atoms with Crippen LogP contribution in [0.4, 0.5) is 4.79 Å². The molecule has 2 fully saturated rings. The highest BCUT2D eigenvalue weighted by atomic mass is 32.2. The van der Waals surface area contributed by atoms with Gasteiger partial charge in [-0.25, -0.2) is 22.9 Å². The molecule has 4 rings (SSSR count). The number of cyclic esters (lactones) is 1. The van der Waals surface area contributed by atoms with E-state index in [1.54, 1.807) is 24.0 Å². The molecule has 2 heterocycles. The van der Waals surface area contributed by atoms with Crippen molar-refractivity contribution in [3.63, 3.8) is 0 Å². The first kappa shape index (κ1) is 18.0. The van der Waals surface area contributed by atoms with Crippen LogP contribution in [0.1, 0.15) is 24.5 Å². The van der Waals surface area contributed by atoms with E-state index in [0.717, 1.165) is 18.4 Å². The largest absolute Gasteiger partial charge is 0.446 e. The average molecular weight is 391 g/mol. The summed E-state index contributed by atoms with van der Waals surface area (Å²) in [4.78, 5) is 17.9. The van der Waals surface area contributed by atoms with Gasteiger partial charge in [-0.15, -0.1) is 0 Å². The summed E-state index contributed by atoms with van der Waals surface area (Å²) in [6.45, 7) is 4.06. The maximum absolute atomic E-state index is 12.5. The lowest BCUT2D eigenvalue weighted by atomic mass is 10.1. The number of nitrogens with zero attached hydrogens (tertiary/aromatic N) is 2. The first-order valence-electron chi connectivity index (χ1n) is 8.85. The van der Waals surface area contributed by atoms with Gasteiger partial charge in [-0.3, -0.25) is 0 Å². The van der Waals surface area contributed by atoms with Gasteiger partial charge in [0.25, 0.3) is 0 Å². The predicted octanol–water partition coefficient (Wildman–Crippen LogP) is 2.22. The number of rotatable bonds is 6. The van der Waals surface area contributed by atoms with Crippen LogP contribution in [0, 0.1) is 13.8 Å². The van der Waals surface area contributed by atoms with Crippen molar-refractivity contribution in [3.05, 3.63) is 35.9 Å². The summed E-state index contributed by atoms with van der Waals surface area (Å²) in [6.07, 6.45) is 1.16. The Hall–Kier alpha value is -2.39. The van der Waals surface area contributed by atoms with Crippen molar-refractivity contribution in [2.24, 2.45) is 0 Å². The molecule has 144 valence electrons. The zero-order valence-corrected chi connectivity index (χ0v) is 16.0. The monoisotopic (exact) mass is 391 g/mol. The number of hydrogen-bond donors (Lipinski definition) is 1. The van der Waals surface area contributed by atoms with Gasteiger partial charge in [0, 0.05) is 25.1 Å². The lowest BCUT2D eigenvalue weighted by Crippen LogP contribution is -2.35. The summed E-state index contributed by atoms with van der Waals surface area (Å²) in [5.41, 5.74) is 1.48. The van der Waals surface area contributed by atoms with Crippen molar-refractivity contribution in [1.29, 1.82) is 0 Å². The number of benzene rings is 1. The smallest absolute Gasteiger partial charge is 0.410 e. The fourth-order valence-electron chi connectivity index (χ4n) is 3.21. The van der Waals surface area contributed by atoms with Gasteiger partial charge in [0.15, 0.2) is 5.89 Å². The van der Waals surface area contributed by atoms with E-state index in [2.05, 4.69) is 9.71 Å². The van der Waals surface area contributed by atoms with E-state index in [0.29, 0.717) is 23.9 Å². The summed E-state index contributed by atoms with van der Waals surface area (Å²) in [6, 6.07) is 6.71. The molecule has 1 aliphatic heterocycles. The fraction of sp³-hybridized carbons (Fsp3) is 0.444. The second kappa shape index (κ2) is 6.65. The Morgan fingerprint density at radius 3 is 2.52 bits per heavy atom. The average Bonchev–Trinajstić information content (AvgIpc) is 3.32. The molecular weight excluding hydrogens is 370 g/mol. The summed E-state index contributed by atoms with van der Waals surface area (Å²) in [7, 11) is -3.69. The minimum Gasteiger partial charge on any atom is -0.446 e. The number of aromatic nitrogens is 1. The second-order valence-electron chi connectivity index (χ2n) is 6.90. The van der Waals surface area contributed by atoms with Gasteiger partial charge in [-0.1, -0.05) is 12.1 Å². The number of hydrogen-bond acceptors (Lipinski definition) is 6. The molecule has 2 aromatic rings. The predicted molar refractivity (Wildman–Crippen MR) is 96.6 cm³/mol. The van der Waals surface area contributed by atoms with Crippen LogP contribution in [0.5, 0.6) is 0 Å². The number of carbonyl (C=O) groups is 1. The van der Waals surface area contributed by atoms with Crippen molar-refractivity contribution in [1.82, 2.24) is 14.6 Å². The Morgan fingerprint density at radius 1 is 1.22 bits per heavy atom. The fourth-order valence-corrected chi connectivity index (χ4v) is 4.27. The Bertz CT molecular complexity index is 963. The summed E-state index contributed by atoms with van der Waals surface area (Å²) >= 11 is 0. The van der Waals surface area contributed by atoms with Gasteiger partial charge >= 0.3 is 6.09 Å². The van der Waals surface area contributed by atoms with Crippen molar-refractivity contribution in [2.75, 3.05) is 13.1 Å². The zero-order valence-electron chi connectivity index (χ0n) is 15.1. The van der Waals surface area contributed by atoms with E-state index in [9.17, 15) is 13.2 Å². The molecule has 0 bridgehead atoms. The quantitative estimate of drug-likeness (QED) is 0.810. The molecule has 2 aliphatic rings. The topological polar surface area (TPSA) is 102 Å². The van der Waals surface area contributed by atoms with Crippen LogP contribution >= 0.6 is 0 Å². The van der Waals surface area contributed by atoms with Crippen LogP contribution in [0.25, 0.3) is 11.3 Å². The third-order valence-electron chi connectivity index (χ3n) is 4.73. The highest BCUT2D eigenvalue weighted by Gasteiger charge is 2.41. The summed E-state index contributed by atoms with van der Waals surface area (Å²) in [5.74, 6) is 1.25. The molecule has 1 unspecified atom stereocenters. The van der Waals surface area contributed by atoms with E-state index in [-0.39, 0.29) is 23.6 Å². The molecule has 1 aromatic heterocycles. The normalized spacial score (nSPS) is 20.1. The van der Waals surface area contributed by atoms with Crippen molar-refractivity contribution < 1.29 is 22.4 Å². The van der Waals surface area contributed by atoms with E-state index >= 15 is 0 Å². The highest BCUT2D eigenvalue weighted by molar-refractivity contribution is 7.89. The number of sulfonamides is 1. The zero-order chi connectivity index (χ0) is 19.2. The van der Waals surface area contributed by atoms with E-state index in [1.165, 1.54) is 12.1 Å². The van der Waals surface area contributed by atoms with E-state index in [1.807, 2.05) is 6.92 Å². The Labute approximate surface area is 157 Å². The summed E-state index contributed by atoms with van der Waals surface area (Å²) < 4.78 is 38.2. The van der Waals surface area contributed by atoms with E-state index in [4.69, 9.17) is 9.15 Å². The minimum absolute atomic E-state index is 0.0562. The standard InChI is InChI=1S/C18H21N3O5S/c1-11-17(20-12(2)25-11)13-3-7-16(8-4-13)27(23,24)19-9-15-10-21(14-5-6-14)18(22)26-15/h3-4,7-8,14-15,19H,5-6,9-10H2,1-2H3. The van der Waals surface area contributed by atoms with Crippen molar-refractivity contribution >= 4 is 16.1 Å². The maximum atomic E-state index is 12.5. The Morgan fingerprint density at radius 2 is 1.93 bits per heavy atom. The van der Waals surface area contributed by atoms with Crippen LogP contribution in [-0.4, -0.2) is 49.6 Å². The number of carbonyl (C=O) groups excluding carboxylic acids is 1. The Kier molecular flexibility index (Phi) is 4.43. The third-order valence-corrected chi connectivity index (χ3v) is 6.17. The number of aryl methyl sites for hydroxylation is 2. The van der Waals surface area contributed by atoms with Crippen LogP contribution in [0.3, 0.4) is 0 Å². The van der Waals surface area contributed by atoms with Crippen molar-refractivity contribution in [2.45, 2.75) is 43.7 Å². The molecule has 1 saturated carbocycles. The van der Waals surface area contributed by atoms with Gasteiger partial charge in [0.1, 0.15) is 17.6 Å². The number of oxazole rings is 1. The first-order valence-corrected chi connectivity index (χ1v) is 10.3. The summed E-state index contributed by atoms with van der Waals surface area (Å²) in [5, 5.41) is 0. The molecule has 9 heteroatoms. The molecule has 8 nitrogen and oxygen atoms in total. The maximum Gasteiger partial charge on any atom is 0.410 e. The molecule has 1 saturated heterocycles.